The molecular weight excluding hydrogens is 180 g/mol. The van der Waals surface area contributed by atoms with Gasteiger partial charge in [-0.15, -0.1) is 0 Å². The van der Waals surface area contributed by atoms with E-state index < -0.39 is 5.54 Å². The quantitative estimate of drug-likeness (QED) is 0.448. The first-order valence-corrected chi connectivity index (χ1v) is 4.94. The maximum atomic E-state index is 11.5. The van der Waals surface area contributed by atoms with Crippen LogP contribution in [-0.2, 0) is 4.79 Å². The lowest BCUT2D eigenvalue weighted by atomic mass is 9.79. The van der Waals surface area contributed by atoms with Gasteiger partial charge >= 0.3 is 6.03 Å². The summed E-state index contributed by atoms with van der Waals surface area (Å²) in [6.07, 6.45) is 5.37. The fourth-order valence-electron chi connectivity index (χ4n) is 2.17. The Morgan fingerprint density at radius 3 is 2.36 bits per heavy atom. The van der Waals surface area contributed by atoms with Gasteiger partial charge in [0.05, 0.1) is 0 Å². The normalized spacial score (nSPS) is 31.6. The highest BCUT2D eigenvalue weighted by atomic mass is 16.2. The van der Waals surface area contributed by atoms with Crippen molar-refractivity contribution >= 4 is 11.9 Å². The van der Waals surface area contributed by atoms with Crippen molar-refractivity contribution in [3.8, 4) is 0 Å². The standard InChI is InChI=1S/C10H14N2O2/c1-2-7-3-5-10(6-4-7)8(13)11-9(14)12-10/h2H,3-6H2,1H3,(H2,11,12,13,14). The number of hydrogen-bond acceptors (Lipinski definition) is 2. The van der Waals surface area contributed by atoms with Crippen molar-refractivity contribution < 1.29 is 9.59 Å². The van der Waals surface area contributed by atoms with Crippen molar-refractivity contribution in [3.63, 3.8) is 0 Å². The number of carbonyl (C=O) groups is 2. The average molecular weight is 194 g/mol. The molecule has 0 aromatic rings. The lowest BCUT2D eigenvalue weighted by molar-refractivity contribution is -0.124. The van der Waals surface area contributed by atoms with Crippen LogP contribution in [0.2, 0.25) is 0 Å². The molecule has 0 atom stereocenters. The number of imide groups is 1. The first-order valence-electron chi connectivity index (χ1n) is 4.94. The molecular formula is C10H14N2O2. The van der Waals surface area contributed by atoms with Gasteiger partial charge in [0.25, 0.3) is 5.91 Å². The van der Waals surface area contributed by atoms with Crippen molar-refractivity contribution in [1.82, 2.24) is 10.6 Å². The van der Waals surface area contributed by atoms with E-state index in [2.05, 4.69) is 16.7 Å². The summed E-state index contributed by atoms with van der Waals surface area (Å²) < 4.78 is 0. The number of nitrogens with one attached hydrogen (secondary N) is 2. The molecule has 0 bridgehead atoms. The summed E-state index contributed by atoms with van der Waals surface area (Å²) in [5.74, 6) is -0.155. The van der Waals surface area contributed by atoms with E-state index >= 15 is 0 Å². The molecule has 14 heavy (non-hydrogen) atoms. The average Bonchev–Trinajstić information content (AvgIpc) is 2.43. The molecule has 3 amide bonds. The molecule has 1 aliphatic heterocycles. The zero-order valence-corrected chi connectivity index (χ0v) is 8.22. The molecule has 2 N–H and O–H groups in total. The maximum Gasteiger partial charge on any atom is 0.322 e. The van der Waals surface area contributed by atoms with Crippen LogP contribution in [0.15, 0.2) is 11.6 Å². The van der Waals surface area contributed by atoms with Crippen LogP contribution in [0.3, 0.4) is 0 Å². The van der Waals surface area contributed by atoms with E-state index in [-0.39, 0.29) is 11.9 Å². The highest BCUT2D eigenvalue weighted by molar-refractivity contribution is 6.07. The topological polar surface area (TPSA) is 58.2 Å². The summed E-state index contributed by atoms with van der Waals surface area (Å²) in [7, 11) is 0. The predicted octanol–water partition coefficient (Wildman–Crippen LogP) is 1.08. The third-order valence-electron chi connectivity index (χ3n) is 3.17. The maximum absolute atomic E-state index is 11.5. The number of urea groups is 1. The van der Waals surface area contributed by atoms with Gasteiger partial charge in [-0.2, -0.15) is 0 Å². The van der Waals surface area contributed by atoms with E-state index in [1.54, 1.807) is 0 Å². The van der Waals surface area contributed by atoms with Crippen LogP contribution in [0.25, 0.3) is 0 Å². The molecule has 1 heterocycles. The Kier molecular flexibility index (Phi) is 2.06. The Morgan fingerprint density at radius 1 is 1.29 bits per heavy atom. The Bertz CT molecular complexity index is 310. The molecule has 1 saturated carbocycles. The number of rotatable bonds is 0. The van der Waals surface area contributed by atoms with Gasteiger partial charge in [0.2, 0.25) is 0 Å². The highest BCUT2D eigenvalue weighted by Crippen LogP contribution is 2.33. The van der Waals surface area contributed by atoms with Crippen molar-refractivity contribution in [1.29, 1.82) is 0 Å². The van der Waals surface area contributed by atoms with Gasteiger partial charge in [0.1, 0.15) is 5.54 Å². The first-order chi connectivity index (χ1) is 6.66. The molecule has 1 spiro atoms. The number of hydrogen-bond donors (Lipinski definition) is 2. The fraction of sp³-hybridized carbons (Fsp3) is 0.600. The van der Waals surface area contributed by atoms with E-state index in [1.165, 1.54) is 5.57 Å². The van der Waals surface area contributed by atoms with Gasteiger partial charge in [0.15, 0.2) is 0 Å². The van der Waals surface area contributed by atoms with Crippen LogP contribution in [0.5, 0.6) is 0 Å². The smallest absolute Gasteiger partial charge is 0.322 e. The minimum atomic E-state index is -0.608. The fourth-order valence-corrected chi connectivity index (χ4v) is 2.17. The largest absolute Gasteiger partial charge is 0.323 e. The molecule has 4 nitrogen and oxygen atoms in total. The van der Waals surface area contributed by atoms with Gasteiger partial charge in [-0.05, 0) is 32.6 Å². The molecule has 1 saturated heterocycles. The Labute approximate surface area is 82.7 Å². The van der Waals surface area contributed by atoms with Gasteiger partial charge in [-0.1, -0.05) is 11.6 Å². The molecule has 2 aliphatic rings. The van der Waals surface area contributed by atoms with E-state index in [9.17, 15) is 9.59 Å². The van der Waals surface area contributed by atoms with Crippen molar-refractivity contribution in [2.75, 3.05) is 0 Å². The summed E-state index contributed by atoms with van der Waals surface area (Å²) in [5, 5.41) is 5.04. The number of amides is 3. The van der Waals surface area contributed by atoms with Crippen LogP contribution >= 0.6 is 0 Å². The van der Waals surface area contributed by atoms with E-state index in [0.29, 0.717) is 0 Å². The molecule has 1 aliphatic carbocycles. The molecule has 0 aromatic carbocycles. The second-order valence-electron chi connectivity index (χ2n) is 3.94. The Hall–Kier alpha value is -1.32. The summed E-state index contributed by atoms with van der Waals surface area (Å²) in [4.78, 5) is 22.6. The van der Waals surface area contributed by atoms with Crippen LogP contribution in [0.4, 0.5) is 4.79 Å². The summed E-state index contributed by atoms with van der Waals surface area (Å²) in [6, 6.07) is -0.348. The van der Waals surface area contributed by atoms with Crippen molar-refractivity contribution in [3.05, 3.63) is 11.6 Å². The first kappa shape index (κ1) is 9.24. The number of allylic oxidation sites excluding steroid dienone is 2. The van der Waals surface area contributed by atoms with E-state index in [1.807, 2.05) is 6.92 Å². The summed E-state index contributed by atoms with van der Waals surface area (Å²) >= 11 is 0. The van der Waals surface area contributed by atoms with Crippen LogP contribution in [0, 0.1) is 0 Å². The number of carbonyl (C=O) groups excluding carboxylic acids is 2. The molecule has 2 rings (SSSR count). The molecule has 0 aromatic heterocycles. The second-order valence-corrected chi connectivity index (χ2v) is 3.94. The minimum absolute atomic E-state index is 0.155. The second kappa shape index (κ2) is 3.12. The van der Waals surface area contributed by atoms with Crippen molar-refractivity contribution in [2.45, 2.75) is 38.1 Å². The molecule has 76 valence electrons. The molecule has 2 fully saturated rings. The van der Waals surface area contributed by atoms with Gasteiger partial charge < -0.3 is 5.32 Å². The van der Waals surface area contributed by atoms with Crippen LogP contribution < -0.4 is 10.6 Å². The van der Waals surface area contributed by atoms with Gasteiger partial charge in [-0.3, -0.25) is 10.1 Å². The molecule has 4 heteroatoms. The third kappa shape index (κ3) is 1.31. The minimum Gasteiger partial charge on any atom is -0.323 e. The lowest BCUT2D eigenvalue weighted by Gasteiger charge is -2.31. The lowest BCUT2D eigenvalue weighted by Crippen LogP contribution is -2.48. The highest BCUT2D eigenvalue weighted by Gasteiger charge is 2.46. The van der Waals surface area contributed by atoms with E-state index in [0.717, 1.165) is 25.7 Å². The molecule has 0 radical (unpaired) electrons. The van der Waals surface area contributed by atoms with Crippen LogP contribution in [-0.4, -0.2) is 17.5 Å². The predicted molar refractivity (Wildman–Crippen MR) is 51.6 cm³/mol. The van der Waals surface area contributed by atoms with Crippen molar-refractivity contribution in [2.24, 2.45) is 0 Å². The zero-order chi connectivity index (χ0) is 10.2. The summed E-state index contributed by atoms with van der Waals surface area (Å²) in [5.41, 5.74) is 0.772. The monoisotopic (exact) mass is 194 g/mol. The SMILES string of the molecule is CC=C1CCC2(CC1)NC(=O)NC2=O. The van der Waals surface area contributed by atoms with E-state index in [4.69, 9.17) is 0 Å². The summed E-state index contributed by atoms with van der Waals surface area (Å²) in [6.45, 7) is 2.01. The van der Waals surface area contributed by atoms with Gasteiger partial charge in [-0.25, -0.2) is 4.79 Å². The van der Waals surface area contributed by atoms with Crippen LogP contribution in [0.1, 0.15) is 32.6 Å². The Morgan fingerprint density at radius 2 is 1.93 bits per heavy atom. The molecule has 0 unspecified atom stereocenters. The Balaban J connectivity index is 2.13. The zero-order valence-electron chi connectivity index (χ0n) is 8.22. The third-order valence-corrected chi connectivity index (χ3v) is 3.17. The van der Waals surface area contributed by atoms with Gasteiger partial charge in [0, 0.05) is 0 Å².